The van der Waals surface area contributed by atoms with Gasteiger partial charge in [-0.2, -0.15) is 0 Å². The highest BCUT2D eigenvalue weighted by molar-refractivity contribution is 6.02. The van der Waals surface area contributed by atoms with Gasteiger partial charge in [-0.3, -0.25) is 15.0 Å². The van der Waals surface area contributed by atoms with Crippen LogP contribution in [0.15, 0.2) is 42.5 Å². The molecule has 0 aromatic heterocycles. The number of anilines is 1. The Kier molecular flexibility index (Phi) is 6.38. The van der Waals surface area contributed by atoms with Crippen molar-refractivity contribution in [2.45, 2.75) is 20.0 Å². The number of benzene rings is 2. The average Bonchev–Trinajstić information content (AvgIpc) is 2.64. The Labute approximate surface area is 163 Å². The van der Waals surface area contributed by atoms with Crippen LogP contribution in [0.5, 0.6) is 0 Å². The molecule has 7 heteroatoms. The van der Waals surface area contributed by atoms with Gasteiger partial charge in [0.2, 0.25) is 5.91 Å². The van der Waals surface area contributed by atoms with Crippen molar-refractivity contribution in [2.75, 3.05) is 31.6 Å². The smallest absolute Gasteiger partial charge is 0.325 e. The molecule has 6 nitrogen and oxygen atoms in total. The van der Waals surface area contributed by atoms with Crippen LogP contribution in [0.3, 0.4) is 0 Å². The summed E-state index contributed by atoms with van der Waals surface area (Å²) in [4.78, 5) is 26.2. The summed E-state index contributed by atoms with van der Waals surface area (Å²) in [5, 5.41) is 5.05. The quantitative estimate of drug-likeness (QED) is 0.848. The third-order valence-electron chi connectivity index (χ3n) is 4.64. The van der Waals surface area contributed by atoms with Gasteiger partial charge in [0, 0.05) is 18.8 Å². The number of morpholine rings is 1. The Morgan fingerprint density at radius 1 is 1.18 bits per heavy atom. The maximum Gasteiger partial charge on any atom is 0.325 e. The van der Waals surface area contributed by atoms with Gasteiger partial charge in [0.1, 0.15) is 5.82 Å². The SMILES string of the molecule is Cc1ccc(NC(=O)NC(=O)CN2CCOC(c3ccc(F)cc3)C2)c(C)c1. The second kappa shape index (κ2) is 8.95. The number of hydrogen-bond donors (Lipinski definition) is 2. The molecular weight excluding hydrogens is 361 g/mol. The molecule has 1 aliphatic rings. The van der Waals surface area contributed by atoms with E-state index in [1.165, 1.54) is 12.1 Å². The van der Waals surface area contributed by atoms with Crippen LogP contribution in [0.2, 0.25) is 0 Å². The van der Waals surface area contributed by atoms with Gasteiger partial charge in [-0.25, -0.2) is 9.18 Å². The molecule has 1 saturated heterocycles. The molecule has 0 aliphatic carbocycles. The van der Waals surface area contributed by atoms with E-state index >= 15 is 0 Å². The van der Waals surface area contributed by atoms with Crippen molar-refractivity contribution >= 4 is 17.6 Å². The second-order valence-electron chi connectivity index (χ2n) is 6.97. The maximum absolute atomic E-state index is 13.1. The number of rotatable bonds is 4. The van der Waals surface area contributed by atoms with Gasteiger partial charge in [0.15, 0.2) is 0 Å². The first kappa shape index (κ1) is 20.0. The number of amides is 3. The van der Waals surface area contributed by atoms with Crippen LogP contribution in [0.4, 0.5) is 14.9 Å². The lowest BCUT2D eigenvalue weighted by atomic mass is 10.1. The maximum atomic E-state index is 13.1. The van der Waals surface area contributed by atoms with Gasteiger partial charge in [0.05, 0.1) is 19.3 Å². The minimum absolute atomic E-state index is 0.0847. The third kappa shape index (κ3) is 5.37. The van der Waals surface area contributed by atoms with Gasteiger partial charge in [-0.1, -0.05) is 29.8 Å². The summed E-state index contributed by atoms with van der Waals surface area (Å²) in [6.45, 7) is 5.50. The largest absolute Gasteiger partial charge is 0.371 e. The average molecular weight is 385 g/mol. The van der Waals surface area contributed by atoms with Crippen molar-refractivity contribution in [3.63, 3.8) is 0 Å². The number of nitrogens with zero attached hydrogens (tertiary/aromatic N) is 1. The summed E-state index contributed by atoms with van der Waals surface area (Å²) in [5.41, 5.74) is 3.55. The summed E-state index contributed by atoms with van der Waals surface area (Å²) in [6, 6.07) is 11.3. The number of aryl methyl sites for hydroxylation is 2. The number of carbonyl (C=O) groups excluding carboxylic acids is 2. The molecular formula is C21H24FN3O3. The van der Waals surface area contributed by atoms with Crippen molar-refractivity contribution in [1.29, 1.82) is 0 Å². The Morgan fingerprint density at radius 2 is 1.93 bits per heavy atom. The highest BCUT2D eigenvalue weighted by Crippen LogP contribution is 2.22. The number of halogens is 1. The Balaban J connectivity index is 1.51. The van der Waals surface area contributed by atoms with Gasteiger partial charge in [-0.05, 0) is 43.2 Å². The zero-order chi connectivity index (χ0) is 20.1. The van der Waals surface area contributed by atoms with E-state index in [1.54, 1.807) is 12.1 Å². The Hall–Kier alpha value is -2.77. The van der Waals surface area contributed by atoms with Crippen LogP contribution in [0.1, 0.15) is 22.8 Å². The van der Waals surface area contributed by atoms with Crippen LogP contribution < -0.4 is 10.6 Å². The van der Waals surface area contributed by atoms with Crippen LogP contribution in [-0.4, -0.2) is 43.1 Å². The van der Waals surface area contributed by atoms with Gasteiger partial charge in [0.25, 0.3) is 0 Å². The summed E-state index contributed by atoms with van der Waals surface area (Å²) in [6.07, 6.45) is -0.230. The van der Waals surface area contributed by atoms with E-state index in [1.807, 2.05) is 36.9 Å². The topological polar surface area (TPSA) is 70.7 Å². The monoisotopic (exact) mass is 385 g/mol. The lowest BCUT2D eigenvalue weighted by Crippen LogP contribution is -2.46. The summed E-state index contributed by atoms with van der Waals surface area (Å²) < 4.78 is 18.8. The molecule has 1 heterocycles. The molecule has 148 valence electrons. The molecule has 3 rings (SSSR count). The molecule has 3 amide bonds. The predicted molar refractivity (Wildman–Crippen MR) is 105 cm³/mol. The highest BCUT2D eigenvalue weighted by Gasteiger charge is 2.24. The van der Waals surface area contributed by atoms with Crippen LogP contribution >= 0.6 is 0 Å². The molecule has 0 bridgehead atoms. The van der Waals surface area contributed by atoms with E-state index in [0.717, 1.165) is 16.7 Å². The number of hydrogen-bond acceptors (Lipinski definition) is 4. The summed E-state index contributed by atoms with van der Waals surface area (Å²) in [7, 11) is 0. The van der Waals surface area contributed by atoms with Crippen molar-refractivity contribution in [3.8, 4) is 0 Å². The fourth-order valence-electron chi connectivity index (χ4n) is 3.20. The molecule has 2 aromatic rings. The van der Waals surface area contributed by atoms with Gasteiger partial charge >= 0.3 is 6.03 Å². The van der Waals surface area contributed by atoms with Crippen molar-refractivity contribution in [2.24, 2.45) is 0 Å². The Bertz CT molecular complexity index is 854. The van der Waals surface area contributed by atoms with Crippen LogP contribution in [-0.2, 0) is 9.53 Å². The molecule has 2 aromatic carbocycles. The van der Waals surface area contributed by atoms with E-state index in [4.69, 9.17) is 4.74 Å². The lowest BCUT2D eigenvalue weighted by Gasteiger charge is -2.32. The van der Waals surface area contributed by atoms with E-state index in [0.29, 0.717) is 25.4 Å². The fraction of sp³-hybridized carbons (Fsp3) is 0.333. The zero-order valence-corrected chi connectivity index (χ0v) is 16.0. The number of nitrogens with one attached hydrogen (secondary N) is 2. The molecule has 28 heavy (non-hydrogen) atoms. The molecule has 0 saturated carbocycles. The molecule has 0 radical (unpaired) electrons. The number of urea groups is 1. The van der Waals surface area contributed by atoms with E-state index < -0.39 is 6.03 Å². The van der Waals surface area contributed by atoms with Crippen LogP contribution in [0, 0.1) is 19.7 Å². The van der Waals surface area contributed by atoms with Crippen molar-refractivity contribution in [1.82, 2.24) is 10.2 Å². The van der Waals surface area contributed by atoms with Gasteiger partial charge in [-0.15, -0.1) is 0 Å². The molecule has 1 atom stereocenters. The van der Waals surface area contributed by atoms with E-state index in [-0.39, 0.29) is 24.4 Å². The lowest BCUT2D eigenvalue weighted by molar-refractivity contribution is -0.123. The van der Waals surface area contributed by atoms with Gasteiger partial charge < -0.3 is 10.1 Å². The first-order valence-corrected chi connectivity index (χ1v) is 9.18. The molecule has 1 fully saturated rings. The number of ether oxygens (including phenoxy) is 1. The highest BCUT2D eigenvalue weighted by atomic mass is 19.1. The number of carbonyl (C=O) groups is 2. The summed E-state index contributed by atoms with van der Waals surface area (Å²) >= 11 is 0. The van der Waals surface area contributed by atoms with Crippen molar-refractivity contribution < 1.29 is 18.7 Å². The second-order valence-corrected chi connectivity index (χ2v) is 6.97. The molecule has 1 unspecified atom stereocenters. The molecule has 0 spiro atoms. The zero-order valence-electron chi connectivity index (χ0n) is 16.0. The minimum atomic E-state index is -0.555. The first-order valence-electron chi connectivity index (χ1n) is 9.18. The molecule has 2 N–H and O–H groups in total. The third-order valence-corrected chi connectivity index (χ3v) is 4.64. The standard InChI is InChI=1S/C21H24FN3O3/c1-14-3-8-18(15(2)11-14)23-21(27)24-20(26)13-25-9-10-28-19(12-25)16-4-6-17(22)7-5-16/h3-8,11,19H,9-10,12-13H2,1-2H3,(H2,23,24,26,27). The molecule has 1 aliphatic heterocycles. The fourth-order valence-corrected chi connectivity index (χ4v) is 3.20. The summed E-state index contributed by atoms with van der Waals surface area (Å²) in [5.74, 6) is -0.687. The predicted octanol–water partition coefficient (Wildman–Crippen LogP) is 3.16. The number of imide groups is 1. The van der Waals surface area contributed by atoms with E-state index in [2.05, 4.69) is 10.6 Å². The van der Waals surface area contributed by atoms with E-state index in [9.17, 15) is 14.0 Å². The normalized spacial score (nSPS) is 17.2. The first-order chi connectivity index (χ1) is 13.4. The minimum Gasteiger partial charge on any atom is -0.371 e. The van der Waals surface area contributed by atoms with Crippen molar-refractivity contribution in [3.05, 3.63) is 65.0 Å². The Morgan fingerprint density at radius 3 is 2.64 bits per heavy atom. The van der Waals surface area contributed by atoms with Crippen LogP contribution in [0.25, 0.3) is 0 Å².